The fourth-order valence-electron chi connectivity index (χ4n) is 0.748. The van der Waals surface area contributed by atoms with Crippen LogP contribution in [-0.2, 0) is 14.1 Å². The van der Waals surface area contributed by atoms with Gasteiger partial charge in [0.05, 0.1) is 0 Å². The molecule has 0 aliphatic heterocycles. The summed E-state index contributed by atoms with van der Waals surface area (Å²) in [5.74, 6) is 0. The fraction of sp³-hybridized carbons (Fsp3) is 0.250. The van der Waals surface area contributed by atoms with Crippen LogP contribution in [0.4, 0.5) is 0 Å². The first-order chi connectivity index (χ1) is 4.61. The van der Waals surface area contributed by atoms with Crippen molar-refractivity contribution in [3.63, 3.8) is 0 Å². The van der Waals surface area contributed by atoms with Gasteiger partial charge in [0.25, 0.3) is 0 Å². The summed E-state index contributed by atoms with van der Waals surface area (Å²) in [7, 11) is -1.75. The number of benzene rings is 1. The van der Waals surface area contributed by atoms with Crippen LogP contribution in [0, 0.1) is 0 Å². The molecule has 54 valence electrons. The molecule has 0 saturated carbocycles. The summed E-state index contributed by atoms with van der Waals surface area (Å²) in [5, 5.41) is 0. The van der Waals surface area contributed by atoms with Crippen LogP contribution in [0.25, 0.3) is 0 Å². The van der Waals surface area contributed by atoms with Crippen molar-refractivity contribution in [1.82, 2.24) is 0 Å². The molecule has 1 rings (SSSR count). The summed E-state index contributed by atoms with van der Waals surface area (Å²) >= 11 is 0. The van der Waals surface area contributed by atoms with Crippen LogP contribution in [-0.4, -0.2) is 12.5 Å². The third kappa shape index (κ3) is 1.67. The summed E-state index contributed by atoms with van der Waals surface area (Å²) < 4.78 is 11.4. The van der Waals surface area contributed by atoms with E-state index in [0.29, 0.717) is 0 Å². The zero-order chi connectivity index (χ0) is 7.61. The van der Waals surface area contributed by atoms with Gasteiger partial charge in [-0.3, -0.25) is 0 Å². The van der Waals surface area contributed by atoms with E-state index in [9.17, 15) is 4.21 Å². The Morgan fingerprint density at radius 3 is 1.90 bits per heavy atom. The quantitative estimate of drug-likeness (QED) is 0.565. The molecule has 0 aliphatic rings. The summed E-state index contributed by atoms with van der Waals surface area (Å²) in [6, 6.07) is 9.52. The van der Waals surface area contributed by atoms with Crippen LogP contribution in [0.1, 0.15) is 0 Å². The summed E-state index contributed by atoms with van der Waals surface area (Å²) in [6.07, 6.45) is 3.50. The van der Waals surface area contributed by atoms with Crippen LogP contribution < -0.4 is 0 Å². The van der Waals surface area contributed by atoms with Crippen LogP contribution in [0.5, 0.6) is 0 Å². The van der Waals surface area contributed by atoms with E-state index >= 15 is 0 Å². The Balaban J connectivity index is 3.09. The number of rotatable bonds is 1. The van der Waals surface area contributed by atoms with Crippen molar-refractivity contribution < 1.29 is 4.21 Å². The molecule has 0 amide bonds. The molecule has 10 heavy (non-hydrogen) atoms. The van der Waals surface area contributed by atoms with Crippen LogP contribution in [0.15, 0.2) is 35.2 Å². The summed E-state index contributed by atoms with van der Waals surface area (Å²) in [4.78, 5) is 0.926. The standard InChI is InChI=1S/C8H11OS/c1-10(2,9)8-6-4-3-5-7-8/h3-7H,1-2H3/q+1. The molecule has 0 atom stereocenters. The predicted molar refractivity (Wildman–Crippen MR) is 44.6 cm³/mol. The van der Waals surface area contributed by atoms with E-state index in [1.165, 1.54) is 0 Å². The Morgan fingerprint density at radius 1 is 1.10 bits per heavy atom. The van der Waals surface area contributed by atoms with E-state index < -0.39 is 9.93 Å². The maximum Gasteiger partial charge on any atom is 0.157 e. The molecule has 0 fully saturated rings. The minimum Gasteiger partial charge on any atom is -0.100 e. The van der Waals surface area contributed by atoms with Gasteiger partial charge >= 0.3 is 0 Å². The van der Waals surface area contributed by atoms with Crippen LogP contribution in [0.2, 0.25) is 0 Å². The molecule has 0 N–H and O–H groups in total. The molecule has 1 nitrogen and oxygen atoms in total. The largest absolute Gasteiger partial charge is 0.157 e. The van der Waals surface area contributed by atoms with E-state index in [2.05, 4.69) is 0 Å². The van der Waals surface area contributed by atoms with Crippen molar-refractivity contribution in [2.24, 2.45) is 0 Å². The molecule has 0 heterocycles. The lowest BCUT2D eigenvalue weighted by Crippen LogP contribution is -2.03. The monoisotopic (exact) mass is 155 g/mol. The second-order valence-electron chi connectivity index (χ2n) is 2.55. The summed E-state index contributed by atoms with van der Waals surface area (Å²) in [5.41, 5.74) is 0. The number of hydrogen-bond acceptors (Lipinski definition) is 1. The molecule has 0 unspecified atom stereocenters. The highest BCUT2D eigenvalue weighted by atomic mass is 32.2. The topological polar surface area (TPSA) is 17.1 Å². The smallest absolute Gasteiger partial charge is 0.100 e. The lowest BCUT2D eigenvalue weighted by Gasteiger charge is -1.97. The van der Waals surface area contributed by atoms with Crippen LogP contribution in [0.3, 0.4) is 0 Å². The van der Waals surface area contributed by atoms with E-state index in [-0.39, 0.29) is 0 Å². The Hall–Kier alpha value is -0.630. The molecule has 0 spiro atoms. The highest BCUT2D eigenvalue weighted by Crippen LogP contribution is 2.11. The Morgan fingerprint density at radius 2 is 1.60 bits per heavy atom. The molecule has 0 saturated heterocycles. The zero-order valence-corrected chi connectivity index (χ0v) is 7.02. The third-order valence-corrected chi connectivity index (χ3v) is 2.72. The average Bonchev–Trinajstić information content (AvgIpc) is 1.88. The zero-order valence-electron chi connectivity index (χ0n) is 6.20. The predicted octanol–water partition coefficient (Wildman–Crippen LogP) is 1.80. The Bertz CT molecular complexity index is 247. The lowest BCUT2D eigenvalue weighted by molar-refractivity contribution is 0.591. The SMILES string of the molecule is C[S+](C)(=O)c1ccccc1. The van der Waals surface area contributed by atoms with Crippen molar-refractivity contribution in [2.45, 2.75) is 4.90 Å². The lowest BCUT2D eigenvalue weighted by atomic mass is 10.4. The second kappa shape index (κ2) is 2.54. The Kier molecular flexibility index (Phi) is 1.90. The van der Waals surface area contributed by atoms with Crippen molar-refractivity contribution >= 4 is 9.93 Å². The van der Waals surface area contributed by atoms with Gasteiger partial charge in [-0.2, -0.15) is 0 Å². The van der Waals surface area contributed by atoms with E-state index in [0.717, 1.165) is 4.90 Å². The van der Waals surface area contributed by atoms with Gasteiger partial charge in [-0.15, -0.1) is 4.21 Å². The van der Waals surface area contributed by atoms with Gasteiger partial charge in [-0.1, -0.05) is 18.2 Å². The number of hydrogen-bond donors (Lipinski definition) is 0. The fourth-order valence-corrected chi connectivity index (χ4v) is 1.56. The van der Waals surface area contributed by atoms with Crippen molar-refractivity contribution in [3.05, 3.63) is 30.3 Å². The molecular formula is C8H11OS+. The first kappa shape index (κ1) is 7.48. The van der Waals surface area contributed by atoms with Gasteiger partial charge in [0, 0.05) is 0 Å². The average molecular weight is 155 g/mol. The van der Waals surface area contributed by atoms with Gasteiger partial charge < -0.3 is 0 Å². The second-order valence-corrected chi connectivity index (χ2v) is 5.48. The van der Waals surface area contributed by atoms with E-state index in [4.69, 9.17) is 0 Å². The van der Waals surface area contributed by atoms with E-state index in [1.807, 2.05) is 30.3 Å². The molecule has 0 bridgehead atoms. The minimum absolute atomic E-state index is 0.926. The molecular weight excluding hydrogens is 144 g/mol. The maximum absolute atomic E-state index is 11.4. The summed E-state index contributed by atoms with van der Waals surface area (Å²) in [6.45, 7) is 0. The molecule has 1 aromatic rings. The highest BCUT2D eigenvalue weighted by Gasteiger charge is 2.15. The maximum atomic E-state index is 11.4. The Labute approximate surface area is 62.5 Å². The molecule has 1 aromatic carbocycles. The van der Waals surface area contributed by atoms with Gasteiger partial charge in [0.1, 0.15) is 22.4 Å². The molecule has 0 radical (unpaired) electrons. The van der Waals surface area contributed by atoms with Gasteiger partial charge in [0.2, 0.25) is 0 Å². The van der Waals surface area contributed by atoms with Gasteiger partial charge in [0.15, 0.2) is 4.90 Å². The molecule has 0 aromatic heterocycles. The normalized spacial score (nSPS) is 11.4. The van der Waals surface area contributed by atoms with Gasteiger partial charge in [-0.05, 0) is 12.1 Å². The first-order valence-corrected chi connectivity index (χ1v) is 5.47. The minimum atomic E-state index is -1.75. The van der Waals surface area contributed by atoms with Crippen molar-refractivity contribution in [2.75, 3.05) is 12.5 Å². The molecule has 2 heteroatoms. The molecule has 0 aliphatic carbocycles. The van der Waals surface area contributed by atoms with E-state index in [1.54, 1.807) is 12.5 Å². The third-order valence-electron chi connectivity index (χ3n) is 1.31. The first-order valence-electron chi connectivity index (χ1n) is 3.10. The highest BCUT2D eigenvalue weighted by molar-refractivity contribution is 8.01. The van der Waals surface area contributed by atoms with Crippen LogP contribution >= 0.6 is 0 Å². The van der Waals surface area contributed by atoms with Crippen molar-refractivity contribution in [3.8, 4) is 0 Å². The van der Waals surface area contributed by atoms with Crippen molar-refractivity contribution in [1.29, 1.82) is 0 Å². The van der Waals surface area contributed by atoms with Gasteiger partial charge in [-0.25, -0.2) is 0 Å².